The molecule has 4 rings (SSSR count). The third-order valence-electron chi connectivity index (χ3n) is 4.65. The van der Waals surface area contributed by atoms with Crippen LogP contribution in [0.2, 0.25) is 0 Å². The van der Waals surface area contributed by atoms with Crippen LogP contribution >= 0.6 is 0 Å². The molecule has 0 saturated heterocycles. The predicted molar refractivity (Wildman–Crippen MR) is 124 cm³/mol. The van der Waals surface area contributed by atoms with Crippen LogP contribution in [0.5, 0.6) is 5.75 Å². The van der Waals surface area contributed by atoms with Crippen molar-refractivity contribution in [1.29, 1.82) is 0 Å². The van der Waals surface area contributed by atoms with Crippen LogP contribution in [0.1, 0.15) is 20.8 Å². The summed E-state index contributed by atoms with van der Waals surface area (Å²) in [6, 6.07) is 22.4. The smallest absolute Gasteiger partial charge is 0.294 e. The Kier molecular flexibility index (Phi) is 6.28. The first-order chi connectivity index (χ1) is 16.3. The maximum absolute atomic E-state index is 12.5. The molecule has 0 aliphatic heterocycles. The van der Waals surface area contributed by atoms with Crippen molar-refractivity contribution in [3.8, 4) is 11.4 Å². The van der Waals surface area contributed by atoms with Crippen molar-refractivity contribution < 1.29 is 23.1 Å². The minimum Gasteiger partial charge on any atom is -0.504 e. The van der Waals surface area contributed by atoms with E-state index in [1.165, 1.54) is 47.3 Å². The zero-order chi connectivity index (χ0) is 24.1. The summed E-state index contributed by atoms with van der Waals surface area (Å²) in [4.78, 5) is 25.0. The lowest BCUT2D eigenvalue weighted by Crippen LogP contribution is -2.41. The number of para-hydroxylation sites is 1. The molecule has 0 atom stereocenters. The number of carbonyl (C=O) groups excluding carboxylic acids is 2. The molecule has 172 valence electrons. The van der Waals surface area contributed by atoms with E-state index in [4.69, 9.17) is 0 Å². The maximum Gasteiger partial charge on any atom is 0.294 e. The third-order valence-corrected chi connectivity index (χ3v) is 6.05. The molecule has 4 N–H and O–H groups in total. The van der Waals surface area contributed by atoms with Crippen molar-refractivity contribution in [3.63, 3.8) is 0 Å². The monoisotopic (exact) mass is 477 g/mol. The van der Waals surface area contributed by atoms with Crippen LogP contribution < -0.4 is 15.6 Å². The highest BCUT2D eigenvalue weighted by atomic mass is 32.2. The largest absolute Gasteiger partial charge is 0.504 e. The van der Waals surface area contributed by atoms with Crippen LogP contribution in [0.3, 0.4) is 0 Å². The summed E-state index contributed by atoms with van der Waals surface area (Å²) < 4.78 is 28.7. The van der Waals surface area contributed by atoms with E-state index in [0.29, 0.717) is 5.69 Å². The summed E-state index contributed by atoms with van der Waals surface area (Å²) in [5.74, 6) is -1.90. The third kappa shape index (κ3) is 5.05. The number of hydrazine groups is 1. The van der Waals surface area contributed by atoms with Crippen molar-refractivity contribution in [3.05, 3.63) is 102 Å². The summed E-state index contributed by atoms with van der Waals surface area (Å²) in [6.07, 6.45) is 1.27. The number of sulfonamides is 1. The molecule has 0 aliphatic carbocycles. The number of nitrogens with zero attached hydrogens (tertiary/aromatic N) is 2. The van der Waals surface area contributed by atoms with Crippen molar-refractivity contribution in [2.24, 2.45) is 0 Å². The lowest BCUT2D eigenvalue weighted by molar-refractivity contribution is 0.0842. The molecule has 0 aliphatic rings. The average Bonchev–Trinajstić information content (AvgIpc) is 3.25. The Morgan fingerprint density at radius 3 is 2.18 bits per heavy atom. The highest BCUT2D eigenvalue weighted by Gasteiger charge is 2.19. The van der Waals surface area contributed by atoms with Crippen molar-refractivity contribution in [2.75, 3.05) is 4.72 Å². The Labute approximate surface area is 194 Å². The van der Waals surface area contributed by atoms with Crippen LogP contribution in [0.25, 0.3) is 5.69 Å². The first kappa shape index (κ1) is 22.6. The molecular weight excluding hydrogens is 458 g/mol. The van der Waals surface area contributed by atoms with Gasteiger partial charge in [0.2, 0.25) is 0 Å². The molecule has 3 aromatic carbocycles. The van der Waals surface area contributed by atoms with Gasteiger partial charge in [-0.25, -0.2) is 13.1 Å². The number of anilines is 1. The standard InChI is InChI=1S/C23H19N5O5S/c29-20-15-28(18-10-3-1-4-11-18)26-21(20)23(31)25-24-22(30)16-8-7-9-17(14-16)27-34(32,33)19-12-5-2-6-13-19/h1-15,27,29H,(H,24,30)(H,25,31). The molecule has 34 heavy (non-hydrogen) atoms. The molecule has 4 aromatic rings. The number of carbonyl (C=O) groups is 2. The highest BCUT2D eigenvalue weighted by Crippen LogP contribution is 2.19. The molecule has 0 radical (unpaired) electrons. The SMILES string of the molecule is O=C(NNC(=O)c1nn(-c2ccccc2)cc1O)c1cccc(NS(=O)(=O)c2ccccc2)c1. The summed E-state index contributed by atoms with van der Waals surface area (Å²) in [7, 11) is -3.83. The van der Waals surface area contributed by atoms with E-state index in [-0.39, 0.29) is 27.6 Å². The number of benzene rings is 3. The first-order valence-electron chi connectivity index (χ1n) is 9.96. The topological polar surface area (TPSA) is 142 Å². The maximum atomic E-state index is 12.5. The molecule has 2 amide bonds. The van der Waals surface area contributed by atoms with E-state index in [1.807, 2.05) is 6.07 Å². The van der Waals surface area contributed by atoms with Gasteiger partial charge in [0.05, 0.1) is 16.8 Å². The Bertz CT molecular complexity index is 1440. The van der Waals surface area contributed by atoms with Gasteiger partial charge in [-0.2, -0.15) is 5.10 Å². The van der Waals surface area contributed by atoms with E-state index < -0.39 is 21.8 Å². The summed E-state index contributed by atoms with van der Waals surface area (Å²) in [5, 5.41) is 14.1. The molecule has 0 fully saturated rings. The average molecular weight is 478 g/mol. The summed E-state index contributed by atoms with van der Waals surface area (Å²) in [5.41, 5.74) is 5.01. The van der Waals surface area contributed by atoms with Crippen LogP contribution in [-0.4, -0.2) is 35.1 Å². The van der Waals surface area contributed by atoms with Crippen molar-refractivity contribution in [1.82, 2.24) is 20.6 Å². The van der Waals surface area contributed by atoms with E-state index >= 15 is 0 Å². The van der Waals surface area contributed by atoms with Gasteiger partial charge in [-0.15, -0.1) is 0 Å². The number of nitrogens with one attached hydrogen (secondary N) is 3. The Hall–Kier alpha value is -4.64. The zero-order valence-electron chi connectivity index (χ0n) is 17.5. The molecule has 1 heterocycles. The van der Waals surface area contributed by atoms with Crippen LogP contribution in [0, 0.1) is 0 Å². The van der Waals surface area contributed by atoms with Gasteiger partial charge in [-0.1, -0.05) is 42.5 Å². The van der Waals surface area contributed by atoms with Gasteiger partial charge in [0.25, 0.3) is 21.8 Å². The minimum absolute atomic E-state index is 0.0758. The van der Waals surface area contributed by atoms with Crippen molar-refractivity contribution >= 4 is 27.5 Å². The predicted octanol–water partition coefficient (Wildman–Crippen LogP) is 2.45. The quantitative estimate of drug-likeness (QED) is 0.314. The molecule has 1 aromatic heterocycles. The van der Waals surface area contributed by atoms with E-state index in [1.54, 1.807) is 42.5 Å². The van der Waals surface area contributed by atoms with Gasteiger partial charge in [0.15, 0.2) is 11.4 Å². The van der Waals surface area contributed by atoms with Crippen LogP contribution in [-0.2, 0) is 10.0 Å². The van der Waals surface area contributed by atoms with Gasteiger partial charge in [-0.3, -0.25) is 25.2 Å². The van der Waals surface area contributed by atoms with E-state index in [9.17, 15) is 23.1 Å². The minimum atomic E-state index is -3.83. The van der Waals surface area contributed by atoms with Gasteiger partial charge in [0.1, 0.15) is 0 Å². The van der Waals surface area contributed by atoms with Crippen LogP contribution in [0.4, 0.5) is 5.69 Å². The second-order valence-electron chi connectivity index (χ2n) is 7.05. The summed E-state index contributed by atoms with van der Waals surface area (Å²) in [6.45, 7) is 0. The zero-order valence-corrected chi connectivity index (χ0v) is 18.4. The normalized spacial score (nSPS) is 10.9. The molecule has 11 heteroatoms. The summed E-state index contributed by atoms with van der Waals surface area (Å²) >= 11 is 0. The Morgan fingerprint density at radius 1 is 0.824 bits per heavy atom. The van der Waals surface area contributed by atoms with Crippen LogP contribution in [0.15, 0.2) is 96.0 Å². The van der Waals surface area contributed by atoms with Gasteiger partial charge in [-0.05, 0) is 42.5 Å². The fourth-order valence-corrected chi connectivity index (χ4v) is 4.09. The molecular formula is C23H19N5O5S. The molecule has 0 bridgehead atoms. The van der Waals surface area contributed by atoms with E-state index in [0.717, 1.165) is 0 Å². The van der Waals surface area contributed by atoms with Gasteiger partial charge < -0.3 is 5.11 Å². The number of amides is 2. The second-order valence-corrected chi connectivity index (χ2v) is 8.73. The number of hydrogen-bond acceptors (Lipinski definition) is 6. The molecule has 0 unspecified atom stereocenters. The number of hydrogen-bond donors (Lipinski definition) is 4. The lowest BCUT2D eigenvalue weighted by atomic mass is 10.2. The number of aromatic nitrogens is 2. The Balaban J connectivity index is 1.42. The Morgan fingerprint density at radius 2 is 1.47 bits per heavy atom. The lowest BCUT2D eigenvalue weighted by Gasteiger charge is -2.10. The molecule has 0 saturated carbocycles. The molecule has 10 nitrogen and oxygen atoms in total. The van der Waals surface area contributed by atoms with E-state index in [2.05, 4.69) is 20.7 Å². The van der Waals surface area contributed by atoms with Gasteiger partial charge >= 0.3 is 0 Å². The number of aromatic hydroxyl groups is 1. The molecule has 0 spiro atoms. The fraction of sp³-hybridized carbons (Fsp3) is 0. The first-order valence-corrected chi connectivity index (χ1v) is 11.4. The highest BCUT2D eigenvalue weighted by molar-refractivity contribution is 7.92. The number of rotatable bonds is 6. The fourth-order valence-electron chi connectivity index (χ4n) is 3.02. The van der Waals surface area contributed by atoms with Crippen molar-refractivity contribution in [2.45, 2.75) is 4.90 Å². The second kappa shape index (κ2) is 9.46. The van der Waals surface area contributed by atoms with Gasteiger partial charge in [0, 0.05) is 11.3 Å².